The minimum Gasteiger partial charge on any atom is -0.440 e. The van der Waals surface area contributed by atoms with Crippen molar-refractivity contribution in [3.8, 4) is 0 Å². The van der Waals surface area contributed by atoms with Crippen molar-refractivity contribution in [2.24, 2.45) is 5.92 Å². The van der Waals surface area contributed by atoms with Crippen molar-refractivity contribution >= 4 is 17.5 Å². The second kappa shape index (κ2) is 6.25. The summed E-state index contributed by atoms with van der Waals surface area (Å²) in [6.07, 6.45) is 5.23. The topological polar surface area (TPSA) is 62.5 Å². The summed E-state index contributed by atoms with van der Waals surface area (Å²) in [6.45, 7) is 0.115. The van der Waals surface area contributed by atoms with Crippen LogP contribution in [-0.2, 0) is 0 Å². The molecule has 0 aromatic carbocycles. The zero-order chi connectivity index (χ0) is 13.0. The molecule has 2 atom stereocenters. The van der Waals surface area contributed by atoms with E-state index >= 15 is 0 Å². The predicted octanol–water partition coefficient (Wildman–Crippen LogP) is 2.60. The monoisotopic (exact) mass is 271 g/mol. The predicted molar refractivity (Wildman–Crippen MR) is 68.6 cm³/mol. The van der Waals surface area contributed by atoms with Crippen LogP contribution in [0.5, 0.6) is 0 Å². The van der Waals surface area contributed by atoms with E-state index < -0.39 is 0 Å². The van der Waals surface area contributed by atoms with E-state index in [-0.39, 0.29) is 35.5 Å². The molecule has 0 radical (unpaired) electrons. The second-order valence-corrected chi connectivity index (χ2v) is 5.14. The zero-order valence-corrected chi connectivity index (χ0v) is 10.9. The van der Waals surface area contributed by atoms with Crippen LogP contribution in [0.25, 0.3) is 0 Å². The highest BCUT2D eigenvalue weighted by Crippen LogP contribution is 2.23. The fourth-order valence-electron chi connectivity index (χ4n) is 2.47. The van der Waals surface area contributed by atoms with E-state index in [9.17, 15) is 9.90 Å². The molecular formula is C13H18ClNO3. The number of carbonyl (C=O) groups is 1. The number of rotatable bonds is 3. The van der Waals surface area contributed by atoms with Crippen LogP contribution in [-0.4, -0.2) is 23.7 Å². The molecule has 0 bridgehead atoms. The zero-order valence-electron chi connectivity index (χ0n) is 10.2. The average molecular weight is 272 g/mol. The maximum Gasteiger partial charge on any atom is 0.287 e. The smallest absolute Gasteiger partial charge is 0.287 e. The summed E-state index contributed by atoms with van der Waals surface area (Å²) in [5.74, 6) is 0.107. The van der Waals surface area contributed by atoms with Gasteiger partial charge in [0.15, 0.2) is 11.0 Å². The van der Waals surface area contributed by atoms with Crippen LogP contribution in [0.15, 0.2) is 16.5 Å². The maximum atomic E-state index is 12.0. The molecule has 1 aromatic rings. The van der Waals surface area contributed by atoms with Gasteiger partial charge in [-0.15, -0.1) is 0 Å². The molecule has 2 rings (SSSR count). The highest BCUT2D eigenvalue weighted by Gasteiger charge is 2.25. The summed E-state index contributed by atoms with van der Waals surface area (Å²) < 4.78 is 5.08. The Kier molecular flexibility index (Phi) is 4.66. The number of aliphatic hydroxyl groups excluding tert-OH is 1. The number of halogens is 1. The number of hydrogen-bond acceptors (Lipinski definition) is 3. The first-order chi connectivity index (χ1) is 8.70. The Hall–Kier alpha value is -1.00. The lowest BCUT2D eigenvalue weighted by molar-refractivity contribution is 0.0871. The van der Waals surface area contributed by atoms with Gasteiger partial charge >= 0.3 is 0 Å². The van der Waals surface area contributed by atoms with Gasteiger partial charge in [-0.1, -0.05) is 19.3 Å². The standard InChI is InChI=1S/C13H18ClNO3/c14-12-7-6-11(18-12)13(17)15-10-5-3-1-2-4-9(10)8-16/h6-7,9-10,16H,1-5,8H2,(H,15,17). The van der Waals surface area contributed by atoms with Gasteiger partial charge < -0.3 is 14.8 Å². The third kappa shape index (κ3) is 3.27. The van der Waals surface area contributed by atoms with Crippen LogP contribution in [0, 0.1) is 5.92 Å². The molecule has 1 aromatic heterocycles. The van der Waals surface area contributed by atoms with Crippen LogP contribution >= 0.6 is 11.6 Å². The number of amides is 1. The lowest BCUT2D eigenvalue weighted by Gasteiger charge is -2.23. The molecule has 2 unspecified atom stereocenters. The lowest BCUT2D eigenvalue weighted by Crippen LogP contribution is -2.41. The quantitative estimate of drug-likeness (QED) is 0.831. The van der Waals surface area contributed by atoms with Crippen molar-refractivity contribution in [2.75, 3.05) is 6.61 Å². The molecule has 0 spiro atoms. The van der Waals surface area contributed by atoms with Gasteiger partial charge in [-0.25, -0.2) is 0 Å². The van der Waals surface area contributed by atoms with Crippen molar-refractivity contribution in [3.05, 3.63) is 23.1 Å². The van der Waals surface area contributed by atoms with Gasteiger partial charge in [-0.2, -0.15) is 0 Å². The normalized spacial score (nSPS) is 24.6. The highest BCUT2D eigenvalue weighted by molar-refractivity contribution is 6.29. The Morgan fingerprint density at radius 3 is 2.83 bits per heavy atom. The molecule has 1 aliphatic carbocycles. The molecule has 4 nitrogen and oxygen atoms in total. The second-order valence-electron chi connectivity index (χ2n) is 4.76. The van der Waals surface area contributed by atoms with E-state index in [1.807, 2.05) is 0 Å². The number of hydrogen-bond donors (Lipinski definition) is 2. The molecule has 5 heteroatoms. The van der Waals surface area contributed by atoms with Crippen molar-refractivity contribution in [1.29, 1.82) is 0 Å². The third-order valence-electron chi connectivity index (χ3n) is 3.51. The van der Waals surface area contributed by atoms with Gasteiger partial charge in [0.2, 0.25) is 0 Å². The van der Waals surface area contributed by atoms with Gasteiger partial charge in [-0.3, -0.25) is 4.79 Å². The van der Waals surface area contributed by atoms with Gasteiger partial charge in [0, 0.05) is 18.6 Å². The number of furan rings is 1. The molecule has 100 valence electrons. The van der Waals surface area contributed by atoms with Crippen LogP contribution in [0.3, 0.4) is 0 Å². The molecule has 1 amide bonds. The van der Waals surface area contributed by atoms with Gasteiger partial charge in [0.25, 0.3) is 5.91 Å². The van der Waals surface area contributed by atoms with Gasteiger partial charge in [0.05, 0.1) is 0 Å². The molecular weight excluding hydrogens is 254 g/mol. The number of carbonyl (C=O) groups excluding carboxylic acids is 1. The molecule has 1 fully saturated rings. The Labute approximate surface area is 111 Å². The molecule has 1 heterocycles. The Bertz CT molecular complexity index is 405. The van der Waals surface area contributed by atoms with E-state index in [1.54, 1.807) is 12.1 Å². The van der Waals surface area contributed by atoms with Crippen LogP contribution in [0.4, 0.5) is 0 Å². The maximum absolute atomic E-state index is 12.0. The van der Waals surface area contributed by atoms with Crippen LogP contribution in [0.1, 0.15) is 42.7 Å². The van der Waals surface area contributed by atoms with E-state index in [4.69, 9.17) is 16.0 Å². The van der Waals surface area contributed by atoms with Crippen molar-refractivity contribution in [1.82, 2.24) is 5.32 Å². The molecule has 18 heavy (non-hydrogen) atoms. The van der Waals surface area contributed by atoms with E-state index in [2.05, 4.69) is 5.32 Å². The fraction of sp³-hybridized carbons (Fsp3) is 0.615. The van der Waals surface area contributed by atoms with Crippen molar-refractivity contribution in [2.45, 2.75) is 38.1 Å². The molecule has 0 aliphatic heterocycles. The number of aliphatic hydroxyl groups is 1. The van der Waals surface area contributed by atoms with Gasteiger partial charge in [0.1, 0.15) is 0 Å². The SMILES string of the molecule is O=C(NC1CCCCCC1CO)c1ccc(Cl)o1. The summed E-state index contributed by atoms with van der Waals surface area (Å²) in [7, 11) is 0. The molecule has 0 saturated heterocycles. The Balaban J connectivity index is 1.99. The first kappa shape index (κ1) is 13.4. The summed E-state index contributed by atoms with van der Waals surface area (Å²) in [5.41, 5.74) is 0. The molecule has 2 N–H and O–H groups in total. The fourth-order valence-corrected chi connectivity index (χ4v) is 2.61. The summed E-state index contributed by atoms with van der Waals surface area (Å²) in [6, 6.07) is 3.13. The van der Waals surface area contributed by atoms with Crippen LogP contribution < -0.4 is 5.32 Å². The Morgan fingerprint density at radius 1 is 1.39 bits per heavy atom. The average Bonchev–Trinajstić information content (AvgIpc) is 2.67. The molecule has 1 aliphatic rings. The highest BCUT2D eigenvalue weighted by atomic mass is 35.5. The third-order valence-corrected chi connectivity index (χ3v) is 3.71. The van der Waals surface area contributed by atoms with E-state index in [0.29, 0.717) is 0 Å². The van der Waals surface area contributed by atoms with E-state index in [0.717, 1.165) is 32.1 Å². The first-order valence-electron chi connectivity index (χ1n) is 6.38. The van der Waals surface area contributed by atoms with Gasteiger partial charge in [-0.05, 0) is 36.6 Å². The minimum atomic E-state index is -0.257. The van der Waals surface area contributed by atoms with E-state index in [1.165, 1.54) is 0 Å². The van der Waals surface area contributed by atoms with Crippen molar-refractivity contribution in [3.63, 3.8) is 0 Å². The summed E-state index contributed by atoms with van der Waals surface area (Å²) >= 11 is 5.64. The van der Waals surface area contributed by atoms with Crippen molar-refractivity contribution < 1.29 is 14.3 Å². The molecule has 1 saturated carbocycles. The lowest BCUT2D eigenvalue weighted by atomic mass is 9.95. The first-order valence-corrected chi connectivity index (χ1v) is 6.75. The number of nitrogens with one attached hydrogen (secondary N) is 1. The van der Waals surface area contributed by atoms with Crippen LogP contribution in [0.2, 0.25) is 5.22 Å². The summed E-state index contributed by atoms with van der Waals surface area (Å²) in [5, 5.41) is 12.5. The largest absolute Gasteiger partial charge is 0.440 e. The Morgan fingerprint density at radius 2 is 2.17 bits per heavy atom. The minimum absolute atomic E-state index is 0.0221. The summed E-state index contributed by atoms with van der Waals surface area (Å²) in [4.78, 5) is 12.0.